The second-order valence-corrected chi connectivity index (χ2v) is 5.73. The first-order chi connectivity index (χ1) is 10.1. The van der Waals surface area contributed by atoms with E-state index in [9.17, 15) is 4.79 Å². The highest BCUT2D eigenvalue weighted by Crippen LogP contribution is 2.20. The largest absolute Gasteiger partial charge is 0.357 e. The number of nitrogens with one attached hydrogen (secondary N) is 2. The number of rotatable bonds is 3. The van der Waals surface area contributed by atoms with Crippen LogP contribution in [-0.2, 0) is 13.6 Å². The van der Waals surface area contributed by atoms with E-state index in [4.69, 9.17) is 0 Å². The first-order valence-corrected chi connectivity index (χ1v) is 7.39. The fourth-order valence-electron chi connectivity index (χ4n) is 2.22. The van der Waals surface area contributed by atoms with E-state index in [1.54, 1.807) is 4.68 Å². The average molecular weight is 347 g/mol. The summed E-state index contributed by atoms with van der Waals surface area (Å²) < 4.78 is 2.42. The van der Waals surface area contributed by atoms with Crippen LogP contribution in [0.3, 0.4) is 0 Å². The van der Waals surface area contributed by atoms with Crippen molar-refractivity contribution in [1.29, 1.82) is 0 Å². The SMILES string of the molecule is Cc1c(Br)c(C(=O)NCc2cc3ccccc3[nH]2)nn1C. The van der Waals surface area contributed by atoms with Crippen molar-refractivity contribution >= 4 is 32.7 Å². The van der Waals surface area contributed by atoms with Gasteiger partial charge in [-0.25, -0.2) is 0 Å². The number of carbonyl (C=O) groups is 1. The van der Waals surface area contributed by atoms with Crippen molar-refractivity contribution in [2.24, 2.45) is 7.05 Å². The highest BCUT2D eigenvalue weighted by Gasteiger charge is 2.17. The van der Waals surface area contributed by atoms with Gasteiger partial charge in [-0.1, -0.05) is 18.2 Å². The number of aromatic nitrogens is 3. The van der Waals surface area contributed by atoms with E-state index in [0.717, 1.165) is 26.8 Å². The molecular formula is C15H15BrN4O. The van der Waals surface area contributed by atoms with Gasteiger partial charge in [0.25, 0.3) is 5.91 Å². The van der Waals surface area contributed by atoms with Crippen LogP contribution >= 0.6 is 15.9 Å². The van der Waals surface area contributed by atoms with Gasteiger partial charge in [0.1, 0.15) is 0 Å². The molecule has 0 bridgehead atoms. The summed E-state index contributed by atoms with van der Waals surface area (Å²) in [4.78, 5) is 15.5. The number of aryl methyl sites for hydroxylation is 1. The third kappa shape index (κ3) is 2.58. The number of amides is 1. The van der Waals surface area contributed by atoms with Crippen LogP contribution in [0.4, 0.5) is 0 Å². The minimum Gasteiger partial charge on any atom is -0.357 e. The summed E-state index contributed by atoms with van der Waals surface area (Å²) in [5.74, 6) is -0.191. The Kier molecular flexibility index (Phi) is 3.55. The molecule has 2 N–H and O–H groups in total. The van der Waals surface area contributed by atoms with E-state index in [1.807, 2.05) is 44.3 Å². The van der Waals surface area contributed by atoms with E-state index in [-0.39, 0.29) is 5.91 Å². The molecule has 2 aromatic heterocycles. The molecule has 0 spiro atoms. The first-order valence-electron chi connectivity index (χ1n) is 6.60. The number of benzene rings is 1. The second kappa shape index (κ2) is 5.37. The smallest absolute Gasteiger partial charge is 0.273 e. The molecule has 0 saturated heterocycles. The van der Waals surface area contributed by atoms with E-state index in [0.29, 0.717) is 12.2 Å². The molecule has 0 atom stereocenters. The lowest BCUT2D eigenvalue weighted by atomic mass is 10.2. The molecule has 0 fully saturated rings. The maximum absolute atomic E-state index is 12.2. The van der Waals surface area contributed by atoms with Crippen LogP contribution in [0.2, 0.25) is 0 Å². The van der Waals surface area contributed by atoms with Gasteiger partial charge < -0.3 is 10.3 Å². The highest BCUT2D eigenvalue weighted by atomic mass is 79.9. The zero-order valence-electron chi connectivity index (χ0n) is 11.8. The van der Waals surface area contributed by atoms with Crippen LogP contribution in [0.15, 0.2) is 34.8 Å². The van der Waals surface area contributed by atoms with Gasteiger partial charge in [0.2, 0.25) is 0 Å². The van der Waals surface area contributed by atoms with E-state index in [1.165, 1.54) is 0 Å². The van der Waals surface area contributed by atoms with Crippen LogP contribution in [0.1, 0.15) is 21.9 Å². The van der Waals surface area contributed by atoms with Crippen LogP contribution in [-0.4, -0.2) is 20.7 Å². The van der Waals surface area contributed by atoms with Crippen molar-refractivity contribution in [3.8, 4) is 0 Å². The first kappa shape index (κ1) is 13.9. The van der Waals surface area contributed by atoms with Gasteiger partial charge in [-0.3, -0.25) is 9.48 Å². The fraction of sp³-hybridized carbons (Fsp3) is 0.200. The summed E-state index contributed by atoms with van der Waals surface area (Å²) in [6, 6.07) is 10.1. The Morgan fingerprint density at radius 3 is 2.86 bits per heavy atom. The van der Waals surface area contributed by atoms with Crippen LogP contribution in [0.5, 0.6) is 0 Å². The number of carbonyl (C=O) groups excluding carboxylic acids is 1. The Balaban J connectivity index is 1.74. The van der Waals surface area contributed by atoms with Gasteiger partial charge >= 0.3 is 0 Å². The summed E-state index contributed by atoms with van der Waals surface area (Å²) >= 11 is 3.40. The molecule has 0 radical (unpaired) electrons. The second-order valence-electron chi connectivity index (χ2n) is 4.94. The molecule has 0 aliphatic carbocycles. The molecule has 21 heavy (non-hydrogen) atoms. The lowest BCUT2D eigenvalue weighted by molar-refractivity contribution is 0.0944. The zero-order valence-corrected chi connectivity index (χ0v) is 13.4. The number of hydrogen-bond acceptors (Lipinski definition) is 2. The van der Waals surface area contributed by atoms with Crippen molar-refractivity contribution in [2.75, 3.05) is 0 Å². The summed E-state index contributed by atoms with van der Waals surface area (Å²) in [5, 5.41) is 8.23. The predicted molar refractivity (Wildman–Crippen MR) is 85.1 cm³/mol. The van der Waals surface area contributed by atoms with Crippen LogP contribution in [0.25, 0.3) is 10.9 Å². The molecular weight excluding hydrogens is 332 g/mol. The minimum atomic E-state index is -0.191. The molecule has 0 aliphatic heterocycles. The summed E-state index contributed by atoms with van der Waals surface area (Å²) in [7, 11) is 1.81. The number of nitrogens with zero attached hydrogens (tertiary/aromatic N) is 2. The minimum absolute atomic E-state index is 0.191. The zero-order chi connectivity index (χ0) is 15.0. The lowest BCUT2D eigenvalue weighted by Gasteiger charge is -2.01. The molecule has 3 aromatic rings. The summed E-state index contributed by atoms with van der Waals surface area (Å²) in [6.45, 7) is 2.35. The molecule has 2 heterocycles. The van der Waals surface area contributed by atoms with Gasteiger partial charge in [-0.15, -0.1) is 0 Å². The maximum atomic E-state index is 12.2. The Morgan fingerprint density at radius 1 is 1.43 bits per heavy atom. The van der Waals surface area contributed by atoms with Crippen molar-refractivity contribution in [3.05, 3.63) is 51.9 Å². The van der Waals surface area contributed by atoms with Gasteiger partial charge in [0.05, 0.1) is 16.7 Å². The highest BCUT2D eigenvalue weighted by molar-refractivity contribution is 9.10. The van der Waals surface area contributed by atoms with Crippen molar-refractivity contribution in [3.63, 3.8) is 0 Å². The third-order valence-corrected chi connectivity index (χ3v) is 4.45. The van der Waals surface area contributed by atoms with E-state index < -0.39 is 0 Å². The normalized spacial score (nSPS) is 11.0. The van der Waals surface area contributed by atoms with Crippen LogP contribution < -0.4 is 5.32 Å². The molecule has 0 unspecified atom stereocenters. The standard InChI is InChI=1S/C15H15BrN4O/c1-9-13(16)14(19-20(9)2)15(21)17-8-11-7-10-5-3-4-6-12(10)18-11/h3-7,18H,8H2,1-2H3,(H,17,21). The van der Waals surface area contributed by atoms with Crippen LogP contribution in [0, 0.1) is 6.92 Å². The lowest BCUT2D eigenvalue weighted by Crippen LogP contribution is -2.23. The van der Waals surface area contributed by atoms with Crippen molar-refractivity contribution in [2.45, 2.75) is 13.5 Å². The number of para-hydroxylation sites is 1. The Hall–Kier alpha value is -2.08. The molecule has 3 rings (SSSR count). The molecule has 6 heteroatoms. The molecule has 0 aliphatic rings. The third-order valence-electron chi connectivity index (χ3n) is 3.50. The number of fused-ring (bicyclic) bond motifs is 1. The summed E-state index contributed by atoms with van der Waals surface area (Å²) in [5.41, 5.74) is 3.36. The topological polar surface area (TPSA) is 62.7 Å². The monoisotopic (exact) mass is 346 g/mol. The maximum Gasteiger partial charge on any atom is 0.273 e. The number of hydrogen-bond donors (Lipinski definition) is 2. The molecule has 1 aromatic carbocycles. The van der Waals surface area contributed by atoms with Crippen molar-refractivity contribution < 1.29 is 4.79 Å². The number of H-pyrrole nitrogens is 1. The molecule has 5 nitrogen and oxygen atoms in total. The van der Waals surface area contributed by atoms with Gasteiger partial charge in [-0.05, 0) is 40.4 Å². The Bertz CT molecular complexity index is 785. The Labute approximate surface area is 130 Å². The quantitative estimate of drug-likeness (QED) is 0.765. The number of halogens is 1. The number of aromatic amines is 1. The van der Waals surface area contributed by atoms with Crippen molar-refractivity contribution in [1.82, 2.24) is 20.1 Å². The molecule has 108 valence electrons. The van der Waals surface area contributed by atoms with Gasteiger partial charge in [0, 0.05) is 18.3 Å². The van der Waals surface area contributed by atoms with Gasteiger partial charge in [-0.2, -0.15) is 5.10 Å². The average Bonchev–Trinajstić information content (AvgIpc) is 3.01. The Morgan fingerprint density at radius 2 is 2.19 bits per heavy atom. The van der Waals surface area contributed by atoms with Gasteiger partial charge in [0.15, 0.2) is 5.69 Å². The molecule has 0 saturated carbocycles. The fourth-order valence-corrected chi connectivity index (χ4v) is 2.73. The summed E-state index contributed by atoms with van der Waals surface area (Å²) in [6.07, 6.45) is 0. The van der Waals surface area contributed by atoms with E-state index >= 15 is 0 Å². The predicted octanol–water partition coefficient (Wildman–Crippen LogP) is 2.90. The van der Waals surface area contributed by atoms with E-state index in [2.05, 4.69) is 31.3 Å². The molecule has 1 amide bonds.